The molecule has 1 heterocycles. The van der Waals surface area contributed by atoms with Gasteiger partial charge in [0.25, 0.3) is 0 Å². The maximum atomic E-state index is 12.2. The van der Waals surface area contributed by atoms with Gasteiger partial charge in [-0.25, -0.2) is 8.42 Å². The molecule has 0 radical (unpaired) electrons. The molecule has 110 valence electrons. The van der Waals surface area contributed by atoms with Crippen LogP contribution in [-0.4, -0.2) is 56.9 Å². The lowest BCUT2D eigenvalue weighted by atomic mass is 10.1. The second-order valence-corrected chi connectivity index (χ2v) is 7.30. The lowest BCUT2D eigenvalue weighted by molar-refractivity contribution is -0.146. The third kappa shape index (κ3) is 3.92. The van der Waals surface area contributed by atoms with Crippen molar-refractivity contribution < 1.29 is 22.7 Å². The molecule has 1 rings (SSSR count). The monoisotopic (exact) mass is 291 g/mol. The Balaban J connectivity index is 2.69. The number of carbonyl (C=O) groups is 2. The van der Waals surface area contributed by atoms with Gasteiger partial charge >= 0.3 is 5.97 Å². The van der Waals surface area contributed by atoms with Crippen molar-refractivity contribution in [2.45, 2.75) is 31.4 Å². The van der Waals surface area contributed by atoms with Crippen LogP contribution in [0.2, 0.25) is 0 Å². The molecular formula is C12H21NO5S. The molecule has 1 saturated heterocycles. The minimum absolute atomic E-state index is 0.0732. The number of esters is 1. The first-order chi connectivity index (χ1) is 8.79. The van der Waals surface area contributed by atoms with Crippen LogP contribution in [0, 0.1) is 5.92 Å². The average Bonchev–Trinajstić information content (AvgIpc) is 2.36. The zero-order valence-corrected chi connectivity index (χ0v) is 12.4. The third-order valence-corrected chi connectivity index (χ3v) is 5.54. The van der Waals surface area contributed by atoms with E-state index < -0.39 is 32.9 Å². The van der Waals surface area contributed by atoms with Gasteiger partial charge in [-0.1, -0.05) is 13.3 Å². The average molecular weight is 291 g/mol. The van der Waals surface area contributed by atoms with Crippen molar-refractivity contribution in [3.8, 4) is 0 Å². The predicted octanol–water partition coefficient (Wildman–Crippen LogP) is 0.221. The molecule has 0 aromatic heterocycles. The molecule has 7 heteroatoms. The van der Waals surface area contributed by atoms with E-state index in [-0.39, 0.29) is 12.3 Å². The highest BCUT2D eigenvalue weighted by molar-refractivity contribution is 7.92. The molecule has 2 atom stereocenters. The third-order valence-electron chi connectivity index (χ3n) is 3.38. The van der Waals surface area contributed by atoms with E-state index in [9.17, 15) is 18.0 Å². The molecule has 1 fully saturated rings. The van der Waals surface area contributed by atoms with Crippen LogP contribution in [0.25, 0.3) is 0 Å². The van der Waals surface area contributed by atoms with Gasteiger partial charge in [-0.3, -0.25) is 9.59 Å². The second-order valence-electron chi connectivity index (χ2n) is 4.99. The fourth-order valence-corrected chi connectivity index (χ4v) is 4.16. The van der Waals surface area contributed by atoms with Crippen LogP contribution >= 0.6 is 0 Å². The quantitative estimate of drug-likeness (QED) is 0.692. The fourth-order valence-electron chi connectivity index (χ4n) is 2.25. The Kier molecular flexibility index (Phi) is 5.34. The summed E-state index contributed by atoms with van der Waals surface area (Å²) in [7, 11) is -0.533. The van der Waals surface area contributed by atoms with Crippen molar-refractivity contribution in [2.24, 2.45) is 5.92 Å². The first kappa shape index (κ1) is 15.9. The van der Waals surface area contributed by atoms with E-state index in [2.05, 4.69) is 4.74 Å². The number of carbonyl (C=O) groups excluding carboxylic acids is 2. The zero-order valence-electron chi connectivity index (χ0n) is 11.6. The Labute approximate surface area is 114 Å². The van der Waals surface area contributed by atoms with Gasteiger partial charge in [0.05, 0.1) is 18.8 Å². The molecule has 0 spiro atoms. The van der Waals surface area contributed by atoms with Crippen LogP contribution in [0.3, 0.4) is 0 Å². The number of amides is 1. The minimum Gasteiger partial charge on any atom is -0.469 e. The highest BCUT2D eigenvalue weighted by Crippen LogP contribution is 2.21. The van der Waals surface area contributed by atoms with Crippen molar-refractivity contribution >= 4 is 21.7 Å². The Hall–Kier alpha value is -1.11. The number of ether oxygens (including phenoxy) is 1. The number of rotatable bonds is 4. The Bertz CT molecular complexity index is 445. The number of nitrogens with zero attached hydrogens (tertiary/aromatic N) is 1. The summed E-state index contributed by atoms with van der Waals surface area (Å²) in [6.45, 7) is 1.81. The summed E-state index contributed by atoms with van der Waals surface area (Å²) < 4.78 is 28.3. The molecular weight excluding hydrogens is 270 g/mol. The number of hydrogen-bond donors (Lipinski definition) is 0. The Morgan fingerprint density at radius 3 is 2.53 bits per heavy atom. The maximum absolute atomic E-state index is 12.2. The largest absolute Gasteiger partial charge is 0.469 e. The number of methoxy groups -OCH3 is 1. The van der Waals surface area contributed by atoms with Gasteiger partial charge < -0.3 is 9.64 Å². The minimum atomic E-state index is -3.34. The lowest BCUT2D eigenvalue weighted by Gasteiger charge is -2.27. The summed E-state index contributed by atoms with van der Waals surface area (Å²) in [6, 6.07) is 0. The first-order valence-corrected chi connectivity index (χ1v) is 8.05. The summed E-state index contributed by atoms with van der Waals surface area (Å²) in [5.41, 5.74) is 0. The number of hydrogen-bond acceptors (Lipinski definition) is 5. The summed E-state index contributed by atoms with van der Waals surface area (Å²) in [5.74, 6) is -1.23. The van der Waals surface area contributed by atoms with Gasteiger partial charge in [-0.05, 0) is 12.8 Å². The van der Waals surface area contributed by atoms with E-state index in [4.69, 9.17) is 0 Å². The van der Waals surface area contributed by atoms with Gasteiger partial charge in [-0.2, -0.15) is 0 Å². The lowest BCUT2D eigenvalue weighted by Crippen LogP contribution is -2.45. The molecule has 1 aliphatic rings. The molecule has 0 aromatic carbocycles. The second kappa shape index (κ2) is 6.36. The van der Waals surface area contributed by atoms with Crippen LogP contribution in [0.4, 0.5) is 0 Å². The van der Waals surface area contributed by atoms with Crippen molar-refractivity contribution in [3.05, 3.63) is 0 Å². The van der Waals surface area contributed by atoms with E-state index in [1.54, 1.807) is 6.92 Å². The van der Waals surface area contributed by atoms with Crippen molar-refractivity contribution in [2.75, 3.05) is 26.5 Å². The zero-order chi connectivity index (χ0) is 14.6. The van der Waals surface area contributed by atoms with Gasteiger partial charge in [0.15, 0.2) is 9.84 Å². The summed E-state index contributed by atoms with van der Waals surface area (Å²) in [6.07, 6.45) is 1.74. The van der Waals surface area contributed by atoms with E-state index in [1.165, 1.54) is 19.1 Å². The highest BCUT2D eigenvalue weighted by Gasteiger charge is 2.37. The normalized spacial score (nSPS) is 23.4. The van der Waals surface area contributed by atoms with Crippen LogP contribution < -0.4 is 0 Å². The van der Waals surface area contributed by atoms with Gasteiger partial charge in [0.1, 0.15) is 5.25 Å². The molecule has 0 aromatic rings. The van der Waals surface area contributed by atoms with Gasteiger partial charge in [-0.15, -0.1) is 0 Å². The summed E-state index contributed by atoms with van der Waals surface area (Å²) in [5, 5.41) is -0.948. The summed E-state index contributed by atoms with van der Waals surface area (Å²) in [4.78, 5) is 24.8. The molecule has 1 amide bonds. The fraction of sp³-hybridized carbons (Fsp3) is 0.833. The van der Waals surface area contributed by atoms with E-state index in [0.29, 0.717) is 12.8 Å². The molecule has 2 unspecified atom stereocenters. The van der Waals surface area contributed by atoms with E-state index in [0.717, 1.165) is 6.42 Å². The highest BCUT2D eigenvalue weighted by atomic mass is 32.2. The van der Waals surface area contributed by atoms with Crippen LogP contribution in [0.15, 0.2) is 0 Å². The molecule has 0 saturated carbocycles. The van der Waals surface area contributed by atoms with Gasteiger partial charge in [0.2, 0.25) is 5.91 Å². The molecule has 0 N–H and O–H groups in total. The topological polar surface area (TPSA) is 80.8 Å². The van der Waals surface area contributed by atoms with Crippen LogP contribution in [0.5, 0.6) is 0 Å². The smallest absolute Gasteiger partial charge is 0.310 e. The molecule has 19 heavy (non-hydrogen) atoms. The van der Waals surface area contributed by atoms with Crippen molar-refractivity contribution in [1.82, 2.24) is 4.90 Å². The standard InChI is InChI=1S/C12H21NO5S/c1-9(12(15)18-3)8-13(2)11(14)10-6-4-5-7-19(10,16)17/h9-10H,4-8H2,1-3H3. The predicted molar refractivity (Wildman–Crippen MR) is 70.2 cm³/mol. The molecule has 6 nitrogen and oxygen atoms in total. The van der Waals surface area contributed by atoms with Crippen LogP contribution in [0.1, 0.15) is 26.2 Å². The maximum Gasteiger partial charge on any atom is 0.310 e. The Morgan fingerprint density at radius 1 is 1.37 bits per heavy atom. The number of sulfone groups is 1. The van der Waals surface area contributed by atoms with Gasteiger partial charge in [0, 0.05) is 13.6 Å². The Morgan fingerprint density at radius 2 is 2.00 bits per heavy atom. The van der Waals surface area contributed by atoms with Crippen molar-refractivity contribution in [1.29, 1.82) is 0 Å². The molecule has 0 bridgehead atoms. The van der Waals surface area contributed by atoms with Crippen LogP contribution in [-0.2, 0) is 24.2 Å². The van der Waals surface area contributed by atoms with E-state index >= 15 is 0 Å². The molecule has 1 aliphatic heterocycles. The first-order valence-electron chi connectivity index (χ1n) is 6.34. The van der Waals surface area contributed by atoms with Crippen molar-refractivity contribution in [3.63, 3.8) is 0 Å². The SMILES string of the molecule is COC(=O)C(C)CN(C)C(=O)C1CCCCS1(=O)=O. The molecule has 0 aliphatic carbocycles. The van der Waals surface area contributed by atoms with E-state index in [1.807, 2.05) is 0 Å². The summed E-state index contributed by atoms with van der Waals surface area (Å²) >= 11 is 0.